The molecule has 2 aliphatic heterocycles. The molecular formula is C22H26N4O5S. The maximum atomic E-state index is 13.0. The van der Waals surface area contributed by atoms with Gasteiger partial charge >= 0.3 is 0 Å². The average Bonchev–Trinajstić information content (AvgIpc) is 3.03. The highest BCUT2D eigenvalue weighted by Gasteiger charge is 2.52. The van der Waals surface area contributed by atoms with Gasteiger partial charge in [0.15, 0.2) is 0 Å². The van der Waals surface area contributed by atoms with Gasteiger partial charge in [-0.3, -0.25) is 19.3 Å². The summed E-state index contributed by atoms with van der Waals surface area (Å²) in [5.74, 6) is -0.876. The standard InChI is InChI=1S/C22H26N4O5S/c23-15-17-6-2-3-7-18(17)32(30,31)25-12-10-24(11-13-25)20(28)16-26-19(27)14-22(21(26)29)8-4-1-5-9-22/h2-3,6-7H,1,4-5,8-14,16H2. The number of carbonyl (C=O) groups excluding carboxylic acids is 3. The second-order valence-electron chi connectivity index (χ2n) is 8.70. The molecule has 0 unspecified atom stereocenters. The highest BCUT2D eigenvalue weighted by Crippen LogP contribution is 2.45. The molecule has 1 spiro atoms. The Morgan fingerprint density at radius 1 is 1.03 bits per heavy atom. The van der Waals surface area contributed by atoms with Crippen LogP contribution in [0.4, 0.5) is 0 Å². The molecule has 4 rings (SSSR count). The molecule has 0 radical (unpaired) electrons. The Bertz CT molecular complexity index is 1080. The van der Waals surface area contributed by atoms with Crippen LogP contribution in [-0.4, -0.2) is 73.0 Å². The number of imide groups is 1. The molecule has 0 aromatic heterocycles. The van der Waals surface area contributed by atoms with Gasteiger partial charge in [-0.1, -0.05) is 31.4 Å². The number of rotatable bonds is 4. The monoisotopic (exact) mass is 458 g/mol. The van der Waals surface area contributed by atoms with Crippen molar-refractivity contribution in [1.29, 1.82) is 5.26 Å². The summed E-state index contributed by atoms with van der Waals surface area (Å²) in [7, 11) is -3.86. The molecule has 0 bridgehead atoms. The molecule has 3 amide bonds. The summed E-state index contributed by atoms with van der Waals surface area (Å²) in [6, 6.07) is 7.93. The number of hydrogen-bond acceptors (Lipinski definition) is 6. The minimum Gasteiger partial charge on any atom is -0.338 e. The lowest BCUT2D eigenvalue weighted by atomic mass is 9.73. The third-order valence-electron chi connectivity index (χ3n) is 6.81. The molecular weight excluding hydrogens is 432 g/mol. The number of carbonyl (C=O) groups is 3. The summed E-state index contributed by atoms with van der Waals surface area (Å²) in [6.45, 7) is 0.199. The van der Waals surface area contributed by atoms with E-state index in [1.165, 1.54) is 21.3 Å². The largest absolute Gasteiger partial charge is 0.338 e. The number of hydrogen-bond donors (Lipinski definition) is 0. The van der Waals surface area contributed by atoms with Crippen LogP contribution in [0, 0.1) is 16.7 Å². The smallest absolute Gasteiger partial charge is 0.244 e. The lowest BCUT2D eigenvalue weighted by molar-refractivity contribution is -0.148. The molecule has 1 aromatic carbocycles. The summed E-state index contributed by atoms with van der Waals surface area (Å²) < 4.78 is 27.2. The first-order valence-electron chi connectivity index (χ1n) is 10.9. The topological polar surface area (TPSA) is 119 Å². The van der Waals surface area contributed by atoms with Crippen LogP contribution in [0.15, 0.2) is 29.2 Å². The van der Waals surface area contributed by atoms with Crippen LogP contribution >= 0.6 is 0 Å². The highest BCUT2D eigenvalue weighted by molar-refractivity contribution is 7.89. The molecule has 2 saturated heterocycles. The Kier molecular flexibility index (Phi) is 6.05. The van der Waals surface area contributed by atoms with E-state index in [2.05, 4.69) is 0 Å². The summed E-state index contributed by atoms with van der Waals surface area (Å²) >= 11 is 0. The fraction of sp³-hybridized carbons (Fsp3) is 0.545. The van der Waals surface area contributed by atoms with E-state index >= 15 is 0 Å². The molecule has 10 heteroatoms. The highest BCUT2D eigenvalue weighted by atomic mass is 32.2. The minimum absolute atomic E-state index is 0.0479. The van der Waals surface area contributed by atoms with Crippen molar-refractivity contribution in [3.63, 3.8) is 0 Å². The van der Waals surface area contributed by atoms with Gasteiger partial charge in [0.2, 0.25) is 27.7 Å². The van der Waals surface area contributed by atoms with Crippen LogP contribution in [-0.2, 0) is 24.4 Å². The van der Waals surface area contributed by atoms with Crippen LogP contribution in [0.2, 0.25) is 0 Å². The van der Waals surface area contributed by atoms with Gasteiger partial charge < -0.3 is 4.90 Å². The van der Waals surface area contributed by atoms with Gasteiger partial charge in [-0.2, -0.15) is 9.57 Å². The third kappa shape index (κ3) is 3.91. The molecule has 0 N–H and O–H groups in total. The molecule has 1 saturated carbocycles. The zero-order valence-corrected chi connectivity index (χ0v) is 18.6. The molecule has 3 aliphatic rings. The van der Waals surface area contributed by atoms with Crippen molar-refractivity contribution < 1.29 is 22.8 Å². The number of sulfonamides is 1. The normalized spacial score (nSPS) is 21.7. The molecule has 32 heavy (non-hydrogen) atoms. The van der Waals surface area contributed by atoms with Gasteiger partial charge in [0.05, 0.1) is 15.9 Å². The first-order valence-corrected chi connectivity index (χ1v) is 12.3. The van der Waals surface area contributed by atoms with Crippen molar-refractivity contribution in [2.45, 2.75) is 43.4 Å². The van der Waals surface area contributed by atoms with Crippen LogP contribution < -0.4 is 0 Å². The van der Waals surface area contributed by atoms with Gasteiger partial charge in [0, 0.05) is 32.6 Å². The molecule has 9 nitrogen and oxygen atoms in total. The third-order valence-corrected chi connectivity index (χ3v) is 8.77. The van der Waals surface area contributed by atoms with Crippen molar-refractivity contribution in [2.24, 2.45) is 5.41 Å². The average molecular weight is 459 g/mol. The Labute approximate surface area is 187 Å². The fourth-order valence-corrected chi connectivity index (χ4v) is 6.54. The van der Waals surface area contributed by atoms with Crippen LogP contribution in [0.25, 0.3) is 0 Å². The summed E-state index contributed by atoms with van der Waals surface area (Å²) in [5.41, 5.74) is -0.551. The fourth-order valence-electron chi connectivity index (χ4n) is 4.98. The van der Waals surface area contributed by atoms with E-state index in [0.717, 1.165) is 24.2 Å². The zero-order chi connectivity index (χ0) is 22.9. The molecule has 170 valence electrons. The lowest BCUT2D eigenvalue weighted by Gasteiger charge is -2.35. The quantitative estimate of drug-likeness (QED) is 0.624. The predicted octanol–water partition coefficient (Wildman–Crippen LogP) is 1.10. The second kappa shape index (κ2) is 8.64. The predicted molar refractivity (Wildman–Crippen MR) is 113 cm³/mol. The van der Waals surface area contributed by atoms with Crippen LogP contribution in [0.5, 0.6) is 0 Å². The first kappa shape index (κ1) is 22.4. The van der Waals surface area contributed by atoms with Crippen LogP contribution in [0.3, 0.4) is 0 Å². The van der Waals surface area contributed by atoms with Crippen molar-refractivity contribution >= 4 is 27.7 Å². The molecule has 2 heterocycles. The van der Waals surface area contributed by atoms with E-state index < -0.39 is 15.4 Å². The summed E-state index contributed by atoms with van der Waals surface area (Å²) in [6.07, 6.45) is 4.49. The second-order valence-corrected chi connectivity index (χ2v) is 10.6. The molecule has 1 aliphatic carbocycles. The number of benzene rings is 1. The Hall–Kier alpha value is -2.77. The van der Waals surface area contributed by atoms with Gasteiger partial charge in [0.1, 0.15) is 12.6 Å². The number of piperazine rings is 1. The maximum Gasteiger partial charge on any atom is 0.244 e. The Morgan fingerprint density at radius 3 is 2.34 bits per heavy atom. The van der Waals surface area contributed by atoms with E-state index in [1.54, 1.807) is 12.1 Å². The van der Waals surface area contributed by atoms with E-state index in [-0.39, 0.29) is 67.3 Å². The zero-order valence-electron chi connectivity index (χ0n) is 17.8. The Balaban J connectivity index is 1.38. The molecule has 0 atom stereocenters. The van der Waals surface area contributed by atoms with E-state index in [9.17, 15) is 28.1 Å². The van der Waals surface area contributed by atoms with Gasteiger partial charge in [-0.15, -0.1) is 0 Å². The van der Waals surface area contributed by atoms with Crippen LogP contribution in [0.1, 0.15) is 44.1 Å². The summed E-state index contributed by atoms with van der Waals surface area (Å²) in [4.78, 5) is 40.8. The van der Waals surface area contributed by atoms with Crippen molar-refractivity contribution in [3.8, 4) is 6.07 Å². The maximum absolute atomic E-state index is 13.0. The number of likely N-dealkylation sites (tertiary alicyclic amines) is 1. The SMILES string of the molecule is N#Cc1ccccc1S(=O)(=O)N1CCN(C(=O)CN2C(=O)CC3(CCCCC3)C2=O)CC1. The van der Waals surface area contributed by atoms with E-state index in [4.69, 9.17) is 0 Å². The molecule has 1 aromatic rings. The van der Waals surface area contributed by atoms with E-state index in [0.29, 0.717) is 12.8 Å². The van der Waals surface area contributed by atoms with Gasteiger partial charge in [-0.05, 0) is 25.0 Å². The van der Waals surface area contributed by atoms with Gasteiger partial charge in [0.25, 0.3) is 0 Å². The van der Waals surface area contributed by atoms with Crippen molar-refractivity contribution in [1.82, 2.24) is 14.1 Å². The number of nitrogens with zero attached hydrogens (tertiary/aromatic N) is 4. The van der Waals surface area contributed by atoms with E-state index in [1.807, 2.05) is 6.07 Å². The molecule has 3 fully saturated rings. The minimum atomic E-state index is -3.86. The van der Waals surface area contributed by atoms with Gasteiger partial charge in [-0.25, -0.2) is 8.42 Å². The van der Waals surface area contributed by atoms with Crippen molar-refractivity contribution in [3.05, 3.63) is 29.8 Å². The Morgan fingerprint density at radius 2 is 1.69 bits per heavy atom. The number of amides is 3. The lowest BCUT2D eigenvalue weighted by Crippen LogP contribution is -2.53. The number of nitriles is 1. The summed E-state index contributed by atoms with van der Waals surface area (Å²) in [5, 5.41) is 9.22. The van der Waals surface area contributed by atoms with Crippen molar-refractivity contribution in [2.75, 3.05) is 32.7 Å². The first-order chi connectivity index (χ1) is 15.3.